The molecule has 142 valence electrons. The molecule has 2 aromatic heterocycles. The Kier molecular flexibility index (Phi) is 5.43. The Labute approximate surface area is 171 Å². The number of hydrogen-bond acceptors (Lipinski definition) is 4. The molecule has 0 aliphatic carbocycles. The van der Waals surface area contributed by atoms with Crippen LogP contribution in [-0.4, -0.2) is 42.1 Å². The molecule has 8 heteroatoms. The van der Waals surface area contributed by atoms with Gasteiger partial charge < -0.3 is 15.0 Å². The zero-order chi connectivity index (χ0) is 19.0. The lowest BCUT2D eigenvalue weighted by Gasteiger charge is -2.26. The topological polar surface area (TPSA) is 57.4 Å². The van der Waals surface area contributed by atoms with Crippen LogP contribution in [0, 0.1) is 6.92 Å². The largest absolute Gasteiger partial charge is 0.379 e. The molecule has 1 aliphatic heterocycles. The summed E-state index contributed by atoms with van der Waals surface area (Å²) >= 11 is 14.3. The quantitative estimate of drug-likeness (QED) is 0.625. The van der Waals surface area contributed by atoms with Crippen molar-refractivity contribution in [3.8, 4) is 0 Å². The minimum atomic E-state index is -0.219. The van der Waals surface area contributed by atoms with Gasteiger partial charge in [0.1, 0.15) is 5.69 Å². The van der Waals surface area contributed by atoms with Gasteiger partial charge in [-0.2, -0.15) is 0 Å². The van der Waals surface area contributed by atoms with Crippen molar-refractivity contribution in [1.82, 2.24) is 9.88 Å². The van der Waals surface area contributed by atoms with E-state index in [9.17, 15) is 4.79 Å². The number of carbonyl (C=O) groups is 1. The summed E-state index contributed by atoms with van der Waals surface area (Å²) in [4.78, 5) is 19.6. The number of benzene rings is 1. The van der Waals surface area contributed by atoms with Gasteiger partial charge in [-0.25, -0.2) is 0 Å². The van der Waals surface area contributed by atoms with Crippen molar-refractivity contribution in [3.63, 3.8) is 0 Å². The van der Waals surface area contributed by atoms with E-state index >= 15 is 0 Å². The van der Waals surface area contributed by atoms with Crippen LogP contribution in [0.4, 0.5) is 5.69 Å². The lowest BCUT2D eigenvalue weighted by atomic mass is 10.2. The van der Waals surface area contributed by atoms with Gasteiger partial charge in [0.05, 0.1) is 39.2 Å². The fourth-order valence-electron chi connectivity index (χ4n) is 3.24. The predicted octanol–water partition coefficient (Wildman–Crippen LogP) is 4.93. The van der Waals surface area contributed by atoms with Gasteiger partial charge in [0.25, 0.3) is 5.91 Å². The van der Waals surface area contributed by atoms with Gasteiger partial charge in [0, 0.05) is 30.1 Å². The third-order valence-corrected chi connectivity index (χ3v) is 6.75. The molecule has 0 saturated carbocycles. The molecule has 0 radical (unpaired) electrons. The fraction of sp³-hybridized carbons (Fsp3) is 0.316. The average Bonchev–Trinajstić information content (AvgIpc) is 3.15. The highest BCUT2D eigenvalue weighted by Gasteiger charge is 2.24. The minimum absolute atomic E-state index is 0.219. The van der Waals surface area contributed by atoms with Crippen LogP contribution in [-0.2, 0) is 11.3 Å². The number of nitrogens with one attached hydrogen (secondary N) is 2. The SMILES string of the molecule is Cc1sc2c(CN3CCOCC3)c(C(=O)Nc3ccccc3Cl)[nH]c2c1Cl. The van der Waals surface area contributed by atoms with E-state index in [0.29, 0.717) is 41.2 Å². The number of halogens is 2. The van der Waals surface area contributed by atoms with Crippen molar-refractivity contribution in [2.24, 2.45) is 0 Å². The molecular weight excluding hydrogens is 405 g/mol. The number of H-pyrrole nitrogens is 1. The number of morpholine rings is 1. The predicted molar refractivity (Wildman–Crippen MR) is 111 cm³/mol. The number of aromatic nitrogens is 1. The maximum absolute atomic E-state index is 13.0. The first kappa shape index (κ1) is 18.8. The Balaban J connectivity index is 1.71. The van der Waals surface area contributed by atoms with Crippen molar-refractivity contribution in [2.45, 2.75) is 13.5 Å². The number of para-hydroxylation sites is 1. The van der Waals surface area contributed by atoms with Crippen LogP contribution in [0.5, 0.6) is 0 Å². The van der Waals surface area contributed by atoms with E-state index in [0.717, 1.165) is 33.7 Å². The number of nitrogens with zero attached hydrogens (tertiary/aromatic N) is 1. The molecule has 0 bridgehead atoms. The molecule has 5 nitrogen and oxygen atoms in total. The number of hydrogen-bond donors (Lipinski definition) is 2. The third-order valence-electron chi connectivity index (χ3n) is 4.67. The molecular formula is C19H19Cl2N3O2S. The van der Waals surface area contributed by atoms with Crippen LogP contribution in [0.1, 0.15) is 20.9 Å². The Bertz CT molecular complexity index is 992. The van der Waals surface area contributed by atoms with Crippen molar-refractivity contribution in [3.05, 3.63) is 50.4 Å². The fourth-order valence-corrected chi connectivity index (χ4v) is 4.78. The highest BCUT2D eigenvalue weighted by atomic mass is 35.5. The van der Waals surface area contributed by atoms with Gasteiger partial charge in [-0.3, -0.25) is 9.69 Å². The highest BCUT2D eigenvalue weighted by molar-refractivity contribution is 7.20. The Morgan fingerprint density at radius 1 is 1.30 bits per heavy atom. The smallest absolute Gasteiger partial charge is 0.272 e. The summed E-state index contributed by atoms with van der Waals surface area (Å²) in [6.07, 6.45) is 0. The van der Waals surface area contributed by atoms with Gasteiger partial charge in [0.15, 0.2) is 0 Å². The van der Waals surface area contributed by atoms with Crippen LogP contribution in [0.2, 0.25) is 10.0 Å². The van der Waals surface area contributed by atoms with Crippen molar-refractivity contribution >= 4 is 56.3 Å². The number of ether oxygens (including phenoxy) is 1. The van der Waals surface area contributed by atoms with Crippen molar-refractivity contribution < 1.29 is 9.53 Å². The monoisotopic (exact) mass is 423 g/mol. The highest BCUT2D eigenvalue weighted by Crippen LogP contribution is 2.39. The molecule has 3 aromatic rings. The lowest BCUT2D eigenvalue weighted by molar-refractivity contribution is 0.0343. The van der Waals surface area contributed by atoms with Crippen LogP contribution in [0.3, 0.4) is 0 Å². The zero-order valence-electron chi connectivity index (χ0n) is 14.8. The van der Waals surface area contributed by atoms with Gasteiger partial charge in [-0.15, -0.1) is 11.3 Å². The molecule has 1 amide bonds. The second-order valence-corrected chi connectivity index (χ2v) is 8.49. The second kappa shape index (κ2) is 7.81. The maximum atomic E-state index is 13.0. The molecule has 0 atom stereocenters. The summed E-state index contributed by atoms with van der Waals surface area (Å²) < 4.78 is 6.47. The van der Waals surface area contributed by atoms with Crippen LogP contribution in [0.15, 0.2) is 24.3 Å². The van der Waals surface area contributed by atoms with E-state index in [1.54, 1.807) is 23.5 Å². The van der Waals surface area contributed by atoms with E-state index in [2.05, 4.69) is 15.2 Å². The molecule has 0 unspecified atom stereocenters. The van der Waals surface area contributed by atoms with E-state index in [1.807, 2.05) is 19.1 Å². The Hall–Kier alpha value is -1.57. The van der Waals surface area contributed by atoms with Gasteiger partial charge in [-0.1, -0.05) is 35.3 Å². The standard InChI is InChI=1S/C19H19Cl2N3O2S/c1-11-15(21)17-18(27-11)12(10-24-6-8-26-9-7-24)16(23-17)19(25)22-14-5-3-2-4-13(14)20/h2-5,23H,6-10H2,1H3,(H,22,25). The zero-order valence-corrected chi connectivity index (χ0v) is 17.1. The Morgan fingerprint density at radius 2 is 2.04 bits per heavy atom. The number of amides is 1. The minimum Gasteiger partial charge on any atom is -0.379 e. The number of fused-ring (bicyclic) bond motifs is 1. The number of rotatable bonds is 4. The van der Waals surface area contributed by atoms with Crippen LogP contribution < -0.4 is 5.32 Å². The molecule has 2 N–H and O–H groups in total. The number of thiophene rings is 1. The summed E-state index contributed by atoms with van der Waals surface area (Å²) in [6.45, 7) is 5.76. The maximum Gasteiger partial charge on any atom is 0.272 e. The number of carbonyl (C=O) groups excluding carboxylic acids is 1. The van der Waals surface area contributed by atoms with Crippen LogP contribution in [0.25, 0.3) is 10.2 Å². The molecule has 1 aliphatic rings. The average molecular weight is 424 g/mol. The summed E-state index contributed by atoms with van der Waals surface area (Å²) in [7, 11) is 0. The lowest BCUT2D eigenvalue weighted by Crippen LogP contribution is -2.36. The molecule has 27 heavy (non-hydrogen) atoms. The number of aryl methyl sites for hydroxylation is 1. The second-order valence-electron chi connectivity index (χ2n) is 6.48. The molecule has 1 fully saturated rings. The van der Waals surface area contributed by atoms with E-state index in [-0.39, 0.29) is 5.91 Å². The van der Waals surface area contributed by atoms with Gasteiger partial charge >= 0.3 is 0 Å². The number of anilines is 1. The molecule has 0 spiro atoms. The first-order valence-corrected chi connectivity index (χ1v) is 10.3. The third kappa shape index (κ3) is 3.73. The Morgan fingerprint density at radius 3 is 2.78 bits per heavy atom. The van der Waals surface area contributed by atoms with Crippen LogP contribution >= 0.6 is 34.5 Å². The van der Waals surface area contributed by atoms with E-state index in [4.69, 9.17) is 27.9 Å². The summed E-state index contributed by atoms with van der Waals surface area (Å²) in [5.74, 6) is -0.219. The normalized spacial score (nSPS) is 15.4. The molecule has 1 saturated heterocycles. The first-order valence-electron chi connectivity index (χ1n) is 8.70. The first-order chi connectivity index (χ1) is 13.0. The molecule has 3 heterocycles. The van der Waals surface area contributed by atoms with Gasteiger partial charge in [0.2, 0.25) is 0 Å². The number of aromatic amines is 1. The van der Waals surface area contributed by atoms with Gasteiger partial charge in [-0.05, 0) is 19.1 Å². The van der Waals surface area contributed by atoms with E-state index < -0.39 is 0 Å². The molecule has 4 rings (SSSR count). The van der Waals surface area contributed by atoms with Crippen molar-refractivity contribution in [1.29, 1.82) is 0 Å². The summed E-state index contributed by atoms with van der Waals surface area (Å²) in [5, 5.41) is 4.08. The summed E-state index contributed by atoms with van der Waals surface area (Å²) in [5.41, 5.74) is 2.91. The molecule has 1 aromatic carbocycles. The van der Waals surface area contributed by atoms with Crippen molar-refractivity contribution in [2.75, 3.05) is 31.6 Å². The van der Waals surface area contributed by atoms with E-state index in [1.165, 1.54) is 0 Å². The summed E-state index contributed by atoms with van der Waals surface area (Å²) in [6, 6.07) is 7.20.